The molecule has 0 aromatic carbocycles. The largest absolute Gasteiger partial charge is 0.380 e. The fourth-order valence-electron chi connectivity index (χ4n) is 1.58. The van der Waals surface area contributed by atoms with Crippen molar-refractivity contribution in [3.63, 3.8) is 0 Å². The van der Waals surface area contributed by atoms with Gasteiger partial charge in [0.25, 0.3) is 0 Å². The van der Waals surface area contributed by atoms with Gasteiger partial charge in [-0.2, -0.15) is 0 Å². The Morgan fingerprint density at radius 2 is 1.81 bits per heavy atom. The lowest BCUT2D eigenvalue weighted by Crippen LogP contribution is -2.41. The molecule has 98 valence electrons. The fraction of sp³-hybridized carbons (Fsp3) is 1.00. The highest BCUT2D eigenvalue weighted by Gasteiger charge is 2.16. The first-order chi connectivity index (χ1) is 7.49. The van der Waals surface area contributed by atoms with Gasteiger partial charge in [0.05, 0.1) is 6.61 Å². The second kappa shape index (κ2) is 8.97. The summed E-state index contributed by atoms with van der Waals surface area (Å²) in [5.41, 5.74) is 0. The second-order valence-electron chi connectivity index (χ2n) is 4.96. The molecular weight excluding hydrogens is 200 g/mol. The summed E-state index contributed by atoms with van der Waals surface area (Å²) >= 11 is 0. The number of hydrogen-bond acceptors (Lipinski definition) is 3. The fourth-order valence-corrected chi connectivity index (χ4v) is 1.58. The first-order valence-corrected chi connectivity index (χ1v) is 6.50. The Morgan fingerprint density at radius 1 is 1.19 bits per heavy atom. The zero-order valence-corrected chi connectivity index (χ0v) is 11.9. The average Bonchev–Trinajstić information content (AvgIpc) is 2.24. The number of likely N-dealkylation sites (N-methyl/N-ethyl adjacent to an activating group) is 1. The van der Waals surface area contributed by atoms with Gasteiger partial charge >= 0.3 is 0 Å². The number of ether oxygens (including phenoxy) is 1. The smallest absolute Gasteiger partial charge is 0.0593 e. The van der Waals surface area contributed by atoms with Gasteiger partial charge < -0.3 is 15.0 Å². The molecule has 0 bridgehead atoms. The van der Waals surface area contributed by atoms with Gasteiger partial charge in [0.2, 0.25) is 0 Å². The van der Waals surface area contributed by atoms with E-state index in [9.17, 15) is 0 Å². The van der Waals surface area contributed by atoms with Crippen LogP contribution in [0.5, 0.6) is 0 Å². The molecule has 0 rings (SSSR count). The molecule has 0 radical (unpaired) electrons. The van der Waals surface area contributed by atoms with Crippen LogP contribution in [0.25, 0.3) is 0 Å². The predicted molar refractivity (Wildman–Crippen MR) is 70.9 cm³/mol. The molecule has 3 heteroatoms. The molecule has 0 spiro atoms. The number of hydrogen-bond donors (Lipinski definition) is 1. The van der Waals surface area contributed by atoms with Crippen LogP contribution in [0, 0.1) is 5.92 Å². The van der Waals surface area contributed by atoms with Gasteiger partial charge in [-0.3, -0.25) is 0 Å². The third kappa shape index (κ3) is 7.20. The summed E-state index contributed by atoms with van der Waals surface area (Å²) < 4.78 is 5.37. The number of nitrogens with zero attached hydrogens (tertiary/aromatic N) is 1. The molecule has 2 atom stereocenters. The molecule has 0 aliphatic rings. The molecule has 3 nitrogen and oxygen atoms in total. The maximum Gasteiger partial charge on any atom is 0.0593 e. The summed E-state index contributed by atoms with van der Waals surface area (Å²) in [7, 11) is 2.18. The third-order valence-electron chi connectivity index (χ3n) is 3.16. The highest BCUT2D eigenvalue weighted by atomic mass is 16.5. The molecule has 2 unspecified atom stereocenters. The quantitative estimate of drug-likeness (QED) is 0.613. The Morgan fingerprint density at radius 3 is 2.31 bits per heavy atom. The summed E-state index contributed by atoms with van der Waals surface area (Å²) in [5, 5.41) is 3.49. The monoisotopic (exact) mass is 230 g/mol. The van der Waals surface area contributed by atoms with Crippen molar-refractivity contribution in [2.24, 2.45) is 5.92 Å². The van der Waals surface area contributed by atoms with Crippen LogP contribution in [0.3, 0.4) is 0 Å². The van der Waals surface area contributed by atoms with Crippen LogP contribution in [0.15, 0.2) is 0 Å². The minimum atomic E-state index is 0.573. The van der Waals surface area contributed by atoms with Gasteiger partial charge in [0, 0.05) is 25.2 Å². The molecule has 0 aromatic heterocycles. The van der Waals surface area contributed by atoms with E-state index in [0.717, 1.165) is 26.3 Å². The first-order valence-electron chi connectivity index (χ1n) is 6.50. The van der Waals surface area contributed by atoms with E-state index in [2.05, 4.69) is 45.0 Å². The SMILES string of the molecule is CCOCCN(C)C(C)C(C)CNC(C)C. The molecule has 0 aliphatic heterocycles. The van der Waals surface area contributed by atoms with Crippen molar-refractivity contribution in [3.05, 3.63) is 0 Å². The maximum absolute atomic E-state index is 5.37. The lowest BCUT2D eigenvalue weighted by atomic mass is 10.0. The highest BCUT2D eigenvalue weighted by Crippen LogP contribution is 2.08. The lowest BCUT2D eigenvalue weighted by molar-refractivity contribution is 0.0981. The van der Waals surface area contributed by atoms with Crippen LogP contribution in [0.4, 0.5) is 0 Å². The molecular formula is C13H30N2O. The number of nitrogens with one attached hydrogen (secondary N) is 1. The molecule has 0 saturated carbocycles. The summed E-state index contributed by atoms with van der Waals surface area (Å²) in [6, 6.07) is 1.16. The molecule has 0 aromatic rings. The van der Waals surface area contributed by atoms with Crippen molar-refractivity contribution in [1.29, 1.82) is 0 Å². The second-order valence-corrected chi connectivity index (χ2v) is 4.96. The van der Waals surface area contributed by atoms with E-state index in [1.807, 2.05) is 6.92 Å². The predicted octanol–water partition coefficient (Wildman–Crippen LogP) is 1.98. The van der Waals surface area contributed by atoms with Gasteiger partial charge in [0.1, 0.15) is 0 Å². The minimum Gasteiger partial charge on any atom is -0.380 e. The van der Waals surface area contributed by atoms with Gasteiger partial charge in [-0.05, 0) is 33.4 Å². The van der Waals surface area contributed by atoms with E-state index >= 15 is 0 Å². The number of rotatable bonds is 9. The molecule has 1 N–H and O–H groups in total. The van der Waals surface area contributed by atoms with E-state index in [-0.39, 0.29) is 0 Å². The zero-order valence-electron chi connectivity index (χ0n) is 11.9. The van der Waals surface area contributed by atoms with E-state index in [1.165, 1.54) is 0 Å². The van der Waals surface area contributed by atoms with E-state index in [0.29, 0.717) is 18.0 Å². The topological polar surface area (TPSA) is 24.5 Å². The van der Waals surface area contributed by atoms with Crippen molar-refractivity contribution >= 4 is 0 Å². The summed E-state index contributed by atoms with van der Waals surface area (Å²) in [6.45, 7) is 14.8. The molecule has 16 heavy (non-hydrogen) atoms. The molecule has 0 heterocycles. The Hall–Kier alpha value is -0.120. The first kappa shape index (κ1) is 15.9. The van der Waals surface area contributed by atoms with E-state index in [1.54, 1.807) is 0 Å². The van der Waals surface area contributed by atoms with Gasteiger partial charge in [-0.15, -0.1) is 0 Å². The van der Waals surface area contributed by atoms with Gasteiger partial charge in [0.15, 0.2) is 0 Å². The van der Waals surface area contributed by atoms with Crippen LogP contribution < -0.4 is 5.32 Å². The minimum absolute atomic E-state index is 0.573. The van der Waals surface area contributed by atoms with Crippen molar-refractivity contribution in [2.45, 2.75) is 46.7 Å². The van der Waals surface area contributed by atoms with Crippen LogP contribution >= 0.6 is 0 Å². The Bertz CT molecular complexity index is 162. The standard InChI is InChI=1S/C13H30N2O/c1-7-16-9-8-15(6)13(5)12(4)10-14-11(2)3/h11-14H,7-10H2,1-6H3. The average molecular weight is 230 g/mol. The molecule has 0 aliphatic carbocycles. The van der Waals surface area contributed by atoms with Crippen LogP contribution in [-0.2, 0) is 4.74 Å². The molecule has 0 fully saturated rings. The molecule has 0 amide bonds. The van der Waals surface area contributed by atoms with E-state index < -0.39 is 0 Å². The summed E-state index contributed by atoms with van der Waals surface area (Å²) in [4.78, 5) is 2.38. The lowest BCUT2D eigenvalue weighted by Gasteiger charge is -2.30. The Labute approximate surface area is 102 Å². The van der Waals surface area contributed by atoms with Crippen molar-refractivity contribution in [1.82, 2.24) is 10.2 Å². The van der Waals surface area contributed by atoms with Crippen molar-refractivity contribution in [3.8, 4) is 0 Å². The zero-order chi connectivity index (χ0) is 12.6. The normalized spacial score (nSPS) is 15.8. The van der Waals surface area contributed by atoms with Crippen LogP contribution in [0.1, 0.15) is 34.6 Å². The van der Waals surface area contributed by atoms with Crippen LogP contribution in [0.2, 0.25) is 0 Å². The highest BCUT2D eigenvalue weighted by molar-refractivity contribution is 4.72. The summed E-state index contributed by atoms with van der Waals surface area (Å²) in [5.74, 6) is 0.661. The Kier molecular flexibility index (Phi) is 8.90. The van der Waals surface area contributed by atoms with Gasteiger partial charge in [-0.25, -0.2) is 0 Å². The summed E-state index contributed by atoms with van der Waals surface area (Å²) in [6.07, 6.45) is 0. The maximum atomic E-state index is 5.37. The van der Waals surface area contributed by atoms with E-state index in [4.69, 9.17) is 4.74 Å². The Balaban J connectivity index is 3.77. The molecule has 0 saturated heterocycles. The third-order valence-corrected chi connectivity index (χ3v) is 3.16. The van der Waals surface area contributed by atoms with Crippen molar-refractivity contribution < 1.29 is 4.74 Å². The van der Waals surface area contributed by atoms with Gasteiger partial charge in [-0.1, -0.05) is 20.8 Å². The van der Waals surface area contributed by atoms with Crippen molar-refractivity contribution in [2.75, 3.05) is 33.4 Å². The van der Waals surface area contributed by atoms with Crippen LogP contribution in [-0.4, -0.2) is 50.3 Å².